The molecule has 3 rings (SSSR count). The number of hydrogen-bond acceptors (Lipinski definition) is 5. The van der Waals surface area contributed by atoms with Gasteiger partial charge in [0.15, 0.2) is 0 Å². The summed E-state index contributed by atoms with van der Waals surface area (Å²) in [6.45, 7) is 1.98. The van der Waals surface area contributed by atoms with Crippen LogP contribution in [0.25, 0.3) is 0 Å². The minimum atomic E-state index is -0.0231. The maximum absolute atomic E-state index is 12.5. The molecular formula is C14H15N5O. The highest BCUT2D eigenvalue weighted by atomic mass is 16.2. The molecule has 0 bridgehead atoms. The topological polar surface area (TPSA) is 62.2 Å². The molecule has 6 nitrogen and oxygen atoms in total. The highest BCUT2D eigenvalue weighted by Gasteiger charge is 2.22. The maximum Gasteiger partial charge on any atom is 0.255 e. The molecule has 0 spiro atoms. The predicted octanol–water partition coefficient (Wildman–Crippen LogP) is 0.964. The van der Waals surface area contributed by atoms with Gasteiger partial charge in [-0.05, 0) is 12.1 Å². The molecule has 1 aliphatic heterocycles. The monoisotopic (exact) mass is 269 g/mol. The molecule has 1 amide bonds. The van der Waals surface area contributed by atoms with Crippen molar-refractivity contribution in [3.05, 3.63) is 47.9 Å². The Balaban J connectivity index is 1.88. The van der Waals surface area contributed by atoms with Crippen LogP contribution in [0, 0.1) is 0 Å². The van der Waals surface area contributed by atoms with Gasteiger partial charge in [0.1, 0.15) is 5.82 Å². The van der Waals surface area contributed by atoms with E-state index in [1.54, 1.807) is 12.3 Å². The zero-order valence-corrected chi connectivity index (χ0v) is 11.2. The zero-order valence-electron chi connectivity index (χ0n) is 11.2. The smallest absolute Gasteiger partial charge is 0.255 e. The molecule has 0 N–H and O–H groups in total. The summed E-state index contributed by atoms with van der Waals surface area (Å²) >= 11 is 0. The van der Waals surface area contributed by atoms with Crippen molar-refractivity contribution in [1.29, 1.82) is 0 Å². The molecule has 0 aromatic carbocycles. The van der Waals surface area contributed by atoms with E-state index in [1.807, 2.05) is 24.1 Å². The quantitative estimate of drug-likeness (QED) is 0.771. The molecule has 0 fully saturated rings. The maximum atomic E-state index is 12.5. The first kappa shape index (κ1) is 12.5. The molecule has 2 aromatic heterocycles. The van der Waals surface area contributed by atoms with Gasteiger partial charge in [0.05, 0.1) is 18.0 Å². The van der Waals surface area contributed by atoms with Crippen molar-refractivity contribution in [2.45, 2.75) is 6.54 Å². The number of carbonyl (C=O) groups is 1. The van der Waals surface area contributed by atoms with Crippen molar-refractivity contribution in [1.82, 2.24) is 20.1 Å². The van der Waals surface area contributed by atoms with Crippen LogP contribution in [0.4, 0.5) is 5.82 Å². The molecule has 20 heavy (non-hydrogen) atoms. The van der Waals surface area contributed by atoms with Gasteiger partial charge in [-0.15, -0.1) is 0 Å². The van der Waals surface area contributed by atoms with E-state index in [9.17, 15) is 4.79 Å². The molecule has 0 unspecified atom stereocenters. The third-order valence-corrected chi connectivity index (χ3v) is 3.41. The van der Waals surface area contributed by atoms with Crippen molar-refractivity contribution in [2.24, 2.45) is 0 Å². The Kier molecular flexibility index (Phi) is 3.28. The molecule has 102 valence electrons. The normalized spacial score (nSPS) is 14.7. The molecule has 3 heterocycles. The van der Waals surface area contributed by atoms with Crippen LogP contribution in [-0.2, 0) is 6.54 Å². The van der Waals surface area contributed by atoms with Crippen LogP contribution in [-0.4, -0.2) is 46.1 Å². The molecule has 0 saturated carbocycles. The Hall–Kier alpha value is -2.50. The zero-order chi connectivity index (χ0) is 13.9. The first-order valence-electron chi connectivity index (χ1n) is 6.47. The number of fused-ring (bicyclic) bond motifs is 1. The van der Waals surface area contributed by atoms with E-state index in [0.717, 1.165) is 17.9 Å². The molecule has 1 aliphatic rings. The van der Waals surface area contributed by atoms with Crippen LogP contribution >= 0.6 is 0 Å². The molecular weight excluding hydrogens is 254 g/mol. The first-order chi connectivity index (χ1) is 9.75. The van der Waals surface area contributed by atoms with E-state index in [1.165, 1.54) is 12.4 Å². The van der Waals surface area contributed by atoms with Crippen LogP contribution in [0.5, 0.6) is 0 Å². The molecule has 0 saturated heterocycles. The lowest BCUT2D eigenvalue weighted by Crippen LogP contribution is -2.34. The van der Waals surface area contributed by atoms with E-state index < -0.39 is 0 Å². The van der Waals surface area contributed by atoms with Gasteiger partial charge >= 0.3 is 0 Å². The van der Waals surface area contributed by atoms with Gasteiger partial charge in [-0.25, -0.2) is 4.98 Å². The largest absolute Gasteiger partial charge is 0.358 e. The average molecular weight is 269 g/mol. The minimum absolute atomic E-state index is 0.0231. The summed E-state index contributed by atoms with van der Waals surface area (Å²) < 4.78 is 0. The summed E-state index contributed by atoms with van der Waals surface area (Å²) in [5.74, 6) is 0.917. The number of pyridine rings is 1. The van der Waals surface area contributed by atoms with E-state index in [0.29, 0.717) is 18.7 Å². The van der Waals surface area contributed by atoms with E-state index in [4.69, 9.17) is 0 Å². The summed E-state index contributed by atoms with van der Waals surface area (Å²) in [6, 6.07) is 5.60. The Morgan fingerprint density at radius 3 is 2.90 bits per heavy atom. The Labute approximate surface area is 117 Å². The van der Waals surface area contributed by atoms with Crippen LogP contribution in [0.15, 0.2) is 36.8 Å². The lowest BCUT2D eigenvalue weighted by Gasteiger charge is -2.20. The van der Waals surface area contributed by atoms with E-state index in [2.05, 4.69) is 20.1 Å². The van der Waals surface area contributed by atoms with E-state index in [-0.39, 0.29) is 5.91 Å². The highest BCUT2D eigenvalue weighted by Crippen LogP contribution is 2.21. The van der Waals surface area contributed by atoms with Gasteiger partial charge < -0.3 is 9.80 Å². The lowest BCUT2D eigenvalue weighted by molar-refractivity contribution is 0.0751. The number of amides is 1. The van der Waals surface area contributed by atoms with E-state index >= 15 is 0 Å². The standard InChI is InChI=1S/C14H15N5O/c1-18-7-8-19(10-12-3-2-5-15-13(12)18)14(20)11-4-6-16-17-9-11/h2-6,9H,7-8,10H2,1H3. The van der Waals surface area contributed by atoms with Gasteiger partial charge in [-0.1, -0.05) is 6.07 Å². The summed E-state index contributed by atoms with van der Waals surface area (Å²) in [5, 5.41) is 7.46. The molecule has 0 aliphatic carbocycles. The Bertz CT molecular complexity index is 616. The number of likely N-dealkylation sites (N-methyl/N-ethyl adjacent to an activating group) is 1. The minimum Gasteiger partial charge on any atom is -0.358 e. The number of aromatic nitrogens is 3. The summed E-state index contributed by atoms with van der Waals surface area (Å²) in [6.07, 6.45) is 4.81. The fourth-order valence-electron chi connectivity index (χ4n) is 2.33. The van der Waals surface area contributed by atoms with Crippen LogP contribution in [0.3, 0.4) is 0 Å². The van der Waals surface area contributed by atoms with Crippen molar-refractivity contribution in [2.75, 3.05) is 25.0 Å². The fourth-order valence-corrected chi connectivity index (χ4v) is 2.33. The summed E-state index contributed by atoms with van der Waals surface area (Å²) in [7, 11) is 1.99. The molecule has 6 heteroatoms. The molecule has 0 radical (unpaired) electrons. The van der Waals surface area contributed by atoms with Crippen molar-refractivity contribution in [3.63, 3.8) is 0 Å². The van der Waals surface area contributed by atoms with Crippen LogP contribution in [0.2, 0.25) is 0 Å². The number of carbonyl (C=O) groups excluding carboxylic acids is 1. The third kappa shape index (κ3) is 2.32. The van der Waals surface area contributed by atoms with Crippen molar-refractivity contribution in [3.8, 4) is 0 Å². The lowest BCUT2D eigenvalue weighted by atomic mass is 10.2. The third-order valence-electron chi connectivity index (χ3n) is 3.41. The second kappa shape index (κ2) is 5.24. The predicted molar refractivity (Wildman–Crippen MR) is 74.3 cm³/mol. The number of hydrogen-bond donors (Lipinski definition) is 0. The summed E-state index contributed by atoms with van der Waals surface area (Å²) in [4.78, 5) is 20.8. The Morgan fingerprint density at radius 2 is 2.10 bits per heavy atom. The molecule has 2 aromatic rings. The van der Waals surface area contributed by atoms with Gasteiger partial charge in [0.25, 0.3) is 5.91 Å². The van der Waals surface area contributed by atoms with Gasteiger partial charge in [-0.3, -0.25) is 4.79 Å². The van der Waals surface area contributed by atoms with Gasteiger partial charge in [-0.2, -0.15) is 10.2 Å². The van der Waals surface area contributed by atoms with Crippen LogP contribution in [0.1, 0.15) is 15.9 Å². The molecule has 0 atom stereocenters. The van der Waals surface area contributed by atoms with Crippen molar-refractivity contribution < 1.29 is 4.79 Å². The fraction of sp³-hybridized carbons (Fsp3) is 0.286. The summed E-state index contributed by atoms with van der Waals surface area (Å²) in [5.41, 5.74) is 1.62. The number of nitrogens with zero attached hydrogens (tertiary/aromatic N) is 5. The number of anilines is 1. The second-order valence-corrected chi connectivity index (χ2v) is 4.77. The SMILES string of the molecule is CN1CCN(C(=O)c2ccnnc2)Cc2cccnc21. The highest BCUT2D eigenvalue weighted by molar-refractivity contribution is 5.93. The van der Waals surface area contributed by atoms with Crippen molar-refractivity contribution >= 4 is 11.7 Å². The van der Waals surface area contributed by atoms with Gasteiger partial charge in [0, 0.05) is 38.4 Å². The Morgan fingerprint density at radius 1 is 1.20 bits per heavy atom. The van der Waals surface area contributed by atoms with Gasteiger partial charge in [0.2, 0.25) is 0 Å². The number of rotatable bonds is 1. The second-order valence-electron chi connectivity index (χ2n) is 4.77. The van der Waals surface area contributed by atoms with Crippen LogP contribution < -0.4 is 4.90 Å². The average Bonchev–Trinajstić information content (AvgIpc) is 2.67. The first-order valence-corrected chi connectivity index (χ1v) is 6.47.